The molecule has 0 aliphatic rings. The van der Waals surface area contributed by atoms with Gasteiger partial charge in [0.05, 0.1) is 27.4 Å². The van der Waals surface area contributed by atoms with E-state index in [2.05, 4.69) is 15.3 Å². The van der Waals surface area contributed by atoms with E-state index in [1.165, 1.54) is 20.3 Å². The Labute approximate surface area is 165 Å². The molecule has 1 amide bonds. The van der Waals surface area contributed by atoms with Crippen molar-refractivity contribution >= 4 is 28.8 Å². The number of benzene rings is 1. The number of anilines is 1. The van der Waals surface area contributed by atoms with Gasteiger partial charge in [0.25, 0.3) is 5.91 Å². The highest BCUT2D eigenvalue weighted by Gasteiger charge is 2.21. The van der Waals surface area contributed by atoms with Crippen molar-refractivity contribution in [3.8, 4) is 17.5 Å². The molecule has 152 valence electrons. The van der Waals surface area contributed by atoms with Gasteiger partial charge in [0, 0.05) is 10.9 Å². The molecule has 3 aromatic rings. The largest absolute Gasteiger partial charge is 0.497 e. The molecule has 0 unspecified atom stereocenters. The zero-order valence-electron chi connectivity index (χ0n) is 16.3. The van der Waals surface area contributed by atoms with Gasteiger partial charge in [-0.1, -0.05) is 0 Å². The molecule has 1 aromatic carbocycles. The third kappa shape index (κ3) is 4.37. The Hall–Kier alpha value is -3.82. The number of ether oxygens (including phenoxy) is 4. The van der Waals surface area contributed by atoms with Gasteiger partial charge in [-0.2, -0.15) is 9.97 Å². The van der Waals surface area contributed by atoms with Gasteiger partial charge >= 0.3 is 5.97 Å². The molecule has 0 aliphatic carbocycles. The van der Waals surface area contributed by atoms with Crippen LogP contribution in [0.25, 0.3) is 11.0 Å². The first-order valence-corrected chi connectivity index (χ1v) is 8.46. The van der Waals surface area contributed by atoms with Crippen LogP contribution in [0.1, 0.15) is 16.1 Å². The minimum absolute atomic E-state index is 0.0142. The van der Waals surface area contributed by atoms with Crippen molar-refractivity contribution in [1.82, 2.24) is 9.97 Å². The summed E-state index contributed by atoms with van der Waals surface area (Å²) < 4.78 is 25.8. The molecule has 0 atom stereocenters. The Morgan fingerprint density at radius 2 is 1.72 bits per heavy atom. The third-order valence-electron chi connectivity index (χ3n) is 4.01. The van der Waals surface area contributed by atoms with Crippen molar-refractivity contribution in [2.45, 2.75) is 6.92 Å². The monoisotopic (exact) mass is 401 g/mol. The number of aromatic nitrogens is 2. The summed E-state index contributed by atoms with van der Waals surface area (Å²) in [6.45, 7) is 1.17. The lowest BCUT2D eigenvalue weighted by molar-refractivity contribution is -0.119. The van der Waals surface area contributed by atoms with Gasteiger partial charge in [-0.15, -0.1) is 0 Å². The highest BCUT2D eigenvalue weighted by atomic mass is 16.5. The lowest BCUT2D eigenvalue weighted by Crippen LogP contribution is -2.22. The topological polar surface area (TPSA) is 122 Å². The fourth-order valence-electron chi connectivity index (χ4n) is 2.55. The van der Waals surface area contributed by atoms with Crippen LogP contribution in [0, 0.1) is 6.92 Å². The molecule has 0 fully saturated rings. The Bertz CT molecular complexity index is 1040. The maximum absolute atomic E-state index is 12.3. The van der Waals surface area contributed by atoms with Crippen LogP contribution in [0.15, 0.2) is 28.7 Å². The number of furan rings is 1. The summed E-state index contributed by atoms with van der Waals surface area (Å²) in [6.07, 6.45) is 0. The summed E-state index contributed by atoms with van der Waals surface area (Å²) in [5, 5.41) is 3.13. The molecule has 0 aliphatic heterocycles. The molecular weight excluding hydrogens is 382 g/mol. The number of hydrogen-bond donors (Lipinski definition) is 1. The molecule has 3 rings (SSSR count). The Kier molecular flexibility index (Phi) is 5.82. The van der Waals surface area contributed by atoms with Gasteiger partial charge in [0.15, 0.2) is 6.61 Å². The molecule has 0 saturated carbocycles. The van der Waals surface area contributed by atoms with Gasteiger partial charge in [-0.05, 0) is 25.1 Å². The lowest BCUT2D eigenvalue weighted by Gasteiger charge is -2.08. The van der Waals surface area contributed by atoms with Crippen LogP contribution in [0.4, 0.5) is 5.95 Å². The molecule has 0 saturated heterocycles. The number of rotatable bonds is 7. The van der Waals surface area contributed by atoms with Crippen molar-refractivity contribution in [2.24, 2.45) is 0 Å². The average Bonchev–Trinajstić information content (AvgIpc) is 3.07. The first-order chi connectivity index (χ1) is 13.9. The van der Waals surface area contributed by atoms with Crippen molar-refractivity contribution in [2.75, 3.05) is 33.3 Å². The van der Waals surface area contributed by atoms with Crippen molar-refractivity contribution in [3.63, 3.8) is 0 Å². The molecule has 10 nitrogen and oxygen atoms in total. The number of amides is 1. The zero-order chi connectivity index (χ0) is 21.0. The van der Waals surface area contributed by atoms with E-state index in [1.54, 1.807) is 32.2 Å². The van der Waals surface area contributed by atoms with Crippen LogP contribution in [-0.4, -0.2) is 49.8 Å². The van der Waals surface area contributed by atoms with Gasteiger partial charge < -0.3 is 23.4 Å². The molecule has 1 N–H and O–H groups in total. The summed E-state index contributed by atoms with van der Waals surface area (Å²) >= 11 is 0. The Morgan fingerprint density at radius 1 is 1.03 bits per heavy atom. The fraction of sp³-hybridized carbons (Fsp3) is 0.263. The van der Waals surface area contributed by atoms with E-state index < -0.39 is 18.5 Å². The smallest absolute Gasteiger partial charge is 0.375 e. The van der Waals surface area contributed by atoms with Crippen LogP contribution >= 0.6 is 0 Å². The Morgan fingerprint density at radius 3 is 2.34 bits per heavy atom. The van der Waals surface area contributed by atoms with E-state index in [9.17, 15) is 9.59 Å². The zero-order valence-corrected chi connectivity index (χ0v) is 16.3. The van der Waals surface area contributed by atoms with E-state index in [1.807, 2.05) is 0 Å². The summed E-state index contributed by atoms with van der Waals surface area (Å²) in [5.74, 6) is -0.389. The average molecular weight is 401 g/mol. The first kappa shape index (κ1) is 19.9. The number of carbonyl (C=O) groups excluding carboxylic acids is 2. The van der Waals surface area contributed by atoms with Gasteiger partial charge in [-0.3, -0.25) is 10.1 Å². The van der Waals surface area contributed by atoms with E-state index in [4.69, 9.17) is 23.4 Å². The number of fused-ring (bicyclic) bond motifs is 1. The second-order valence-corrected chi connectivity index (χ2v) is 5.82. The maximum Gasteiger partial charge on any atom is 0.375 e. The van der Waals surface area contributed by atoms with Crippen LogP contribution in [0.2, 0.25) is 0 Å². The van der Waals surface area contributed by atoms with E-state index in [-0.39, 0.29) is 23.5 Å². The molecular formula is C19H19N3O7. The molecule has 2 heterocycles. The lowest BCUT2D eigenvalue weighted by atomic mass is 10.1. The predicted octanol–water partition coefficient (Wildman–Crippen LogP) is 2.35. The number of aryl methyl sites for hydroxylation is 1. The van der Waals surface area contributed by atoms with Crippen LogP contribution < -0.4 is 19.5 Å². The van der Waals surface area contributed by atoms with Crippen LogP contribution in [-0.2, 0) is 9.53 Å². The minimum Gasteiger partial charge on any atom is -0.497 e. The van der Waals surface area contributed by atoms with Crippen molar-refractivity contribution in [3.05, 3.63) is 35.6 Å². The third-order valence-corrected chi connectivity index (χ3v) is 4.01. The van der Waals surface area contributed by atoms with E-state index in [0.29, 0.717) is 16.9 Å². The van der Waals surface area contributed by atoms with Gasteiger partial charge in [0.2, 0.25) is 23.5 Å². The quantitative estimate of drug-likeness (QED) is 0.594. The minimum atomic E-state index is -0.767. The van der Waals surface area contributed by atoms with Crippen molar-refractivity contribution < 1.29 is 33.0 Å². The number of nitrogens with one attached hydrogen (secondary N) is 1. The standard InChI is InChI=1S/C19H19N3O7/c1-10-12-7-11(25-2)5-6-13(12)29-17(10)18(24)28-9-14(23)20-19-21-15(26-3)8-16(22-19)27-4/h5-8H,9H2,1-4H3,(H,20,21,22,23). The molecule has 29 heavy (non-hydrogen) atoms. The predicted molar refractivity (Wildman–Crippen MR) is 102 cm³/mol. The second kappa shape index (κ2) is 8.46. The van der Waals surface area contributed by atoms with Gasteiger partial charge in [-0.25, -0.2) is 4.79 Å². The summed E-state index contributed by atoms with van der Waals surface area (Å²) in [6, 6.07) is 6.62. The SMILES string of the molecule is COc1ccc2oc(C(=O)OCC(=O)Nc3nc(OC)cc(OC)n3)c(C)c2c1. The molecule has 0 radical (unpaired) electrons. The summed E-state index contributed by atoms with van der Waals surface area (Å²) in [7, 11) is 4.38. The molecule has 0 bridgehead atoms. The van der Waals surface area contributed by atoms with Crippen LogP contribution in [0.3, 0.4) is 0 Å². The van der Waals surface area contributed by atoms with Crippen molar-refractivity contribution in [1.29, 1.82) is 0 Å². The van der Waals surface area contributed by atoms with Crippen LogP contribution in [0.5, 0.6) is 17.5 Å². The van der Waals surface area contributed by atoms with E-state index in [0.717, 1.165) is 5.39 Å². The summed E-state index contributed by atoms with van der Waals surface area (Å²) in [5.41, 5.74) is 1.10. The summed E-state index contributed by atoms with van der Waals surface area (Å²) in [4.78, 5) is 32.4. The number of esters is 1. The normalized spacial score (nSPS) is 10.5. The maximum atomic E-state index is 12.3. The number of hydrogen-bond acceptors (Lipinski definition) is 9. The first-order valence-electron chi connectivity index (χ1n) is 8.46. The number of nitrogens with zero attached hydrogens (tertiary/aromatic N) is 2. The Balaban J connectivity index is 1.67. The van der Waals surface area contributed by atoms with Gasteiger partial charge in [0.1, 0.15) is 11.3 Å². The number of methoxy groups -OCH3 is 3. The fourth-order valence-corrected chi connectivity index (χ4v) is 2.55. The highest BCUT2D eigenvalue weighted by Crippen LogP contribution is 2.29. The second-order valence-electron chi connectivity index (χ2n) is 5.82. The molecule has 2 aromatic heterocycles. The highest BCUT2D eigenvalue weighted by molar-refractivity contribution is 5.98. The molecule has 10 heteroatoms. The molecule has 0 spiro atoms. The number of carbonyl (C=O) groups is 2. The van der Waals surface area contributed by atoms with E-state index >= 15 is 0 Å².